The van der Waals surface area contributed by atoms with Crippen molar-refractivity contribution < 1.29 is 4.74 Å². The van der Waals surface area contributed by atoms with E-state index in [2.05, 4.69) is 21.7 Å². The molecule has 1 aliphatic rings. The monoisotopic (exact) mass is 209 g/mol. The number of fused-ring (bicyclic) bond motifs is 1. The Bertz CT molecular complexity index is 322. The molecule has 4 heteroatoms. The van der Waals surface area contributed by atoms with Crippen molar-refractivity contribution in [3.63, 3.8) is 0 Å². The van der Waals surface area contributed by atoms with Crippen LogP contribution in [0.4, 0.5) is 0 Å². The minimum absolute atomic E-state index is 0.759. The van der Waals surface area contributed by atoms with E-state index < -0.39 is 0 Å². The van der Waals surface area contributed by atoms with Gasteiger partial charge < -0.3 is 9.30 Å². The number of rotatable bonds is 4. The number of methoxy groups -OCH3 is 1. The first kappa shape index (κ1) is 10.6. The topological polar surface area (TPSA) is 39.9 Å². The molecule has 0 amide bonds. The third-order valence-electron chi connectivity index (χ3n) is 3.01. The van der Waals surface area contributed by atoms with Gasteiger partial charge in [0.1, 0.15) is 11.6 Å². The zero-order valence-electron chi connectivity index (χ0n) is 9.57. The zero-order chi connectivity index (χ0) is 10.7. The van der Waals surface area contributed by atoms with E-state index in [4.69, 9.17) is 4.74 Å². The van der Waals surface area contributed by atoms with Crippen LogP contribution in [0.15, 0.2) is 0 Å². The molecule has 84 valence electrons. The zero-order valence-corrected chi connectivity index (χ0v) is 9.57. The predicted octanol–water partition coefficient (Wildman–Crippen LogP) is 1.44. The summed E-state index contributed by atoms with van der Waals surface area (Å²) in [5.74, 6) is 3.06. The Morgan fingerprint density at radius 2 is 2.33 bits per heavy atom. The van der Waals surface area contributed by atoms with E-state index in [1.165, 1.54) is 12.2 Å². The van der Waals surface area contributed by atoms with Crippen LogP contribution in [0.3, 0.4) is 0 Å². The van der Waals surface area contributed by atoms with Crippen molar-refractivity contribution in [2.45, 2.75) is 39.2 Å². The van der Waals surface area contributed by atoms with Gasteiger partial charge in [0.25, 0.3) is 0 Å². The molecule has 1 aliphatic heterocycles. The molecule has 0 spiro atoms. The molecule has 0 aliphatic carbocycles. The Kier molecular flexibility index (Phi) is 3.36. The van der Waals surface area contributed by atoms with Crippen molar-refractivity contribution in [2.75, 3.05) is 13.7 Å². The molecule has 1 aromatic rings. The summed E-state index contributed by atoms with van der Waals surface area (Å²) in [4.78, 5) is 0. The molecule has 0 N–H and O–H groups in total. The SMILES string of the molecule is COCCCc1nnc2n1CC(C)CC2. The fraction of sp³-hybridized carbons (Fsp3) is 0.818. The second-order valence-electron chi connectivity index (χ2n) is 4.38. The van der Waals surface area contributed by atoms with Crippen LogP contribution in [0.1, 0.15) is 31.4 Å². The molecule has 0 bridgehead atoms. The second kappa shape index (κ2) is 4.75. The summed E-state index contributed by atoms with van der Waals surface area (Å²) in [7, 11) is 1.74. The van der Waals surface area contributed by atoms with Crippen LogP contribution in [0.25, 0.3) is 0 Å². The molecule has 0 saturated carbocycles. The third kappa shape index (κ3) is 2.37. The Labute approximate surface area is 90.7 Å². The third-order valence-corrected chi connectivity index (χ3v) is 3.01. The number of nitrogens with zero attached hydrogens (tertiary/aromatic N) is 3. The first-order valence-electron chi connectivity index (χ1n) is 5.71. The number of hydrogen-bond donors (Lipinski definition) is 0. The van der Waals surface area contributed by atoms with Crippen LogP contribution >= 0.6 is 0 Å². The maximum Gasteiger partial charge on any atom is 0.133 e. The lowest BCUT2D eigenvalue weighted by Gasteiger charge is -2.20. The van der Waals surface area contributed by atoms with E-state index in [0.29, 0.717) is 0 Å². The van der Waals surface area contributed by atoms with Gasteiger partial charge >= 0.3 is 0 Å². The van der Waals surface area contributed by atoms with Crippen molar-refractivity contribution in [2.24, 2.45) is 5.92 Å². The van der Waals surface area contributed by atoms with Gasteiger partial charge in [-0.2, -0.15) is 0 Å². The fourth-order valence-corrected chi connectivity index (χ4v) is 2.11. The molecule has 1 aromatic heterocycles. The summed E-state index contributed by atoms with van der Waals surface area (Å²) in [6.07, 6.45) is 4.34. The molecule has 2 rings (SSSR count). The highest BCUT2D eigenvalue weighted by atomic mass is 16.5. The molecule has 0 saturated heterocycles. The van der Waals surface area contributed by atoms with Crippen LogP contribution in [0.2, 0.25) is 0 Å². The lowest BCUT2D eigenvalue weighted by Crippen LogP contribution is -2.20. The van der Waals surface area contributed by atoms with E-state index >= 15 is 0 Å². The minimum atomic E-state index is 0.759. The Morgan fingerprint density at radius 1 is 1.47 bits per heavy atom. The van der Waals surface area contributed by atoms with Crippen LogP contribution < -0.4 is 0 Å². The normalized spacial score (nSPS) is 20.3. The number of hydrogen-bond acceptors (Lipinski definition) is 3. The molecular formula is C11H19N3O. The van der Waals surface area contributed by atoms with Gasteiger partial charge in [0.05, 0.1) is 0 Å². The summed E-state index contributed by atoms with van der Waals surface area (Å²) in [6, 6.07) is 0. The Hall–Kier alpha value is -0.900. The second-order valence-corrected chi connectivity index (χ2v) is 4.38. The van der Waals surface area contributed by atoms with Gasteiger partial charge in [-0.15, -0.1) is 10.2 Å². The molecule has 4 nitrogen and oxygen atoms in total. The first-order chi connectivity index (χ1) is 7.31. The highest BCUT2D eigenvalue weighted by molar-refractivity contribution is 4.99. The van der Waals surface area contributed by atoms with Crippen molar-refractivity contribution in [3.8, 4) is 0 Å². The van der Waals surface area contributed by atoms with Gasteiger partial charge in [0.15, 0.2) is 0 Å². The lowest BCUT2D eigenvalue weighted by molar-refractivity contribution is 0.194. The summed E-state index contributed by atoms with van der Waals surface area (Å²) >= 11 is 0. The molecule has 2 heterocycles. The van der Waals surface area contributed by atoms with Crippen LogP contribution in [0.5, 0.6) is 0 Å². The number of ether oxygens (including phenoxy) is 1. The smallest absolute Gasteiger partial charge is 0.133 e. The van der Waals surface area contributed by atoms with Crippen molar-refractivity contribution in [1.82, 2.24) is 14.8 Å². The Morgan fingerprint density at radius 3 is 3.13 bits per heavy atom. The fourth-order valence-electron chi connectivity index (χ4n) is 2.11. The van der Waals surface area contributed by atoms with Crippen LogP contribution in [-0.2, 0) is 24.1 Å². The van der Waals surface area contributed by atoms with Crippen LogP contribution in [-0.4, -0.2) is 28.5 Å². The van der Waals surface area contributed by atoms with E-state index in [1.807, 2.05) is 0 Å². The molecule has 0 radical (unpaired) electrons. The Balaban J connectivity index is 2.02. The van der Waals surface area contributed by atoms with Crippen LogP contribution in [0, 0.1) is 5.92 Å². The van der Waals surface area contributed by atoms with Crippen molar-refractivity contribution in [3.05, 3.63) is 11.6 Å². The van der Waals surface area contributed by atoms with Gasteiger partial charge in [0.2, 0.25) is 0 Å². The lowest BCUT2D eigenvalue weighted by atomic mass is 10.0. The first-order valence-corrected chi connectivity index (χ1v) is 5.71. The van der Waals surface area contributed by atoms with Gasteiger partial charge in [0, 0.05) is 33.1 Å². The number of aryl methyl sites for hydroxylation is 2. The van der Waals surface area contributed by atoms with E-state index in [9.17, 15) is 0 Å². The van der Waals surface area contributed by atoms with Gasteiger partial charge in [-0.25, -0.2) is 0 Å². The molecule has 0 aromatic carbocycles. The highest BCUT2D eigenvalue weighted by Crippen LogP contribution is 2.19. The summed E-state index contributed by atoms with van der Waals surface area (Å²) in [6.45, 7) is 4.18. The van der Waals surface area contributed by atoms with E-state index in [1.54, 1.807) is 7.11 Å². The largest absolute Gasteiger partial charge is 0.385 e. The summed E-state index contributed by atoms with van der Waals surface area (Å²) < 4.78 is 7.34. The van der Waals surface area contributed by atoms with Crippen molar-refractivity contribution >= 4 is 0 Å². The average molecular weight is 209 g/mol. The quantitative estimate of drug-likeness (QED) is 0.704. The molecule has 0 fully saturated rings. The van der Waals surface area contributed by atoms with Gasteiger partial charge in [-0.05, 0) is 18.8 Å². The van der Waals surface area contributed by atoms with E-state index in [-0.39, 0.29) is 0 Å². The molecule has 1 unspecified atom stereocenters. The maximum absolute atomic E-state index is 5.05. The minimum Gasteiger partial charge on any atom is -0.385 e. The van der Waals surface area contributed by atoms with Gasteiger partial charge in [-0.3, -0.25) is 0 Å². The van der Waals surface area contributed by atoms with E-state index in [0.717, 1.165) is 44.2 Å². The average Bonchev–Trinajstić information content (AvgIpc) is 2.62. The van der Waals surface area contributed by atoms with Gasteiger partial charge in [-0.1, -0.05) is 6.92 Å². The summed E-state index contributed by atoms with van der Waals surface area (Å²) in [5.41, 5.74) is 0. The molecular weight excluding hydrogens is 190 g/mol. The standard InChI is InChI=1S/C11H19N3O/c1-9-5-6-11-13-12-10(14(11)8-9)4-3-7-15-2/h9H,3-8H2,1-2H3. The number of aromatic nitrogens is 3. The molecule has 15 heavy (non-hydrogen) atoms. The summed E-state index contributed by atoms with van der Waals surface area (Å²) in [5, 5.41) is 8.50. The molecule has 1 atom stereocenters. The maximum atomic E-state index is 5.05. The highest BCUT2D eigenvalue weighted by Gasteiger charge is 2.19. The van der Waals surface area contributed by atoms with Crippen molar-refractivity contribution in [1.29, 1.82) is 0 Å². The predicted molar refractivity (Wildman–Crippen MR) is 57.7 cm³/mol.